The highest BCUT2D eigenvalue weighted by Crippen LogP contribution is 2.34. The molecule has 0 aliphatic heterocycles. The Morgan fingerprint density at radius 1 is 1.35 bits per heavy atom. The summed E-state index contributed by atoms with van der Waals surface area (Å²) in [6, 6.07) is 4.98. The van der Waals surface area contributed by atoms with Gasteiger partial charge in [-0.05, 0) is 11.6 Å². The number of hydrogen-bond acceptors (Lipinski definition) is 4. The van der Waals surface area contributed by atoms with Gasteiger partial charge in [0, 0.05) is 26.2 Å². The van der Waals surface area contributed by atoms with E-state index in [1.54, 1.807) is 12.1 Å². The summed E-state index contributed by atoms with van der Waals surface area (Å²) in [5.41, 5.74) is 6.49. The molecule has 90 valence electrons. The van der Waals surface area contributed by atoms with E-state index in [1.807, 2.05) is 0 Å². The Labute approximate surface area is 98.5 Å². The Balaban J connectivity index is 2.60. The van der Waals surface area contributed by atoms with Gasteiger partial charge in [0.2, 0.25) is 17.5 Å². The molecule has 0 aromatic heterocycles. The van der Waals surface area contributed by atoms with Gasteiger partial charge in [-0.3, -0.25) is 9.59 Å². The van der Waals surface area contributed by atoms with Crippen LogP contribution in [0.2, 0.25) is 0 Å². The molecule has 17 heavy (non-hydrogen) atoms. The number of benzene rings is 1. The van der Waals surface area contributed by atoms with Crippen LogP contribution in [0.1, 0.15) is 26.3 Å². The molecule has 0 spiro atoms. The van der Waals surface area contributed by atoms with E-state index in [4.69, 9.17) is 15.2 Å². The molecule has 5 heteroatoms. The number of primary amides is 1. The third kappa shape index (κ3) is 1.55. The minimum absolute atomic E-state index is 0.212. The smallest absolute Gasteiger partial charge is 0.249 e. The van der Waals surface area contributed by atoms with Gasteiger partial charge in [-0.1, -0.05) is 12.1 Å². The molecule has 0 atom stereocenters. The molecule has 1 amide bonds. The van der Waals surface area contributed by atoms with Gasteiger partial charge in [-0.2, -0.15) is 0 Å². The van der Waals surface area contributed by atoms with Crippen molar-refractivity contribution in [1.82, 2.24) is 0 Å². The van der Waals surface area contributed by atoms with Crippen molar-refractivity contribution in [2.24, 2.45) is 5.73 Å². The first-order valence-electron chi connectivity index (χ1n) is 5.12. The van der Waals surface area contributed by atoms with Crippen molar-refractivity contribution in [2.75, 3.05) is 14.2 Å². The maximum absolute atomic E-state index is 12.2. The van der Waals surface area contributed by atoms with E-state index in [-0.39, 0.29) is 17.8 Å². The Morgan fingerprint density at radius 2 is 2.00 bits per heavy atom. The fourth-order valence-electron chi connectivity index (χ4n) is 2.16. The Kier molecular flexibility index (Phi) is 2.73. The average Bonchev–Trinajstić information content (AvgIpc) is 2.63. The van der Waals surface area contributed by atoms with Gasteiger partial charge < -0.3 is 15.2 Å². The SMILES string of the molecule is COC1(OC)Cc2cccc(C(N)=O)c2C1=O. The number of nitrogens with two attached hydrogens (primary N) is 1. The summed E-state index contributed by atoms with van der Waals surface area (Å²) in [5.74, 6) is -2.31. The number of carbonyl (C=O) groups excluding carboxylic acids is 2. The maximum Gasteiger partial charge on any atom is 0.249 e. The van der Waals surface area contributed by atoms with Gasteiger partial charge in [-0.25, -0.2) is 0 Å². The Hall–Kier alpha value is -1.72. The predicted octanol–water partition coefficient (Wildman–Crippen LogP) is 0.513. The molecule has 1 aliphatic rings. The molecule has 2 N–H and O–H groups in total. The van der Waals surface area contributed by atoms with Crippen LogP contribution in [0.15, 0.2) is 18.2 Å². The standard InChI is InChI=1S/C12H13NO4/c1-16-12(17-2)6-7-4-3-5-8(11(13)15)9(7)10(12)14/h3-5H,6H2,1-2H3,(H2,13,15). The summed E-state index contributed by atoms with van der Waals surface area (Å²) in [6.45, 7) is 0. The second-order valence-electron chi connectivity index (χ2n) is 3.87. The van der Waals surface area contributed by atoms with Crippen molar-refractivity contribution >= 4 is 11.7 Å². The number of fused-ring (bicyclic) bond motifs is 1. The van der Waals surface area contributed by atoms with Gasteiger partial charge in [-0.15, -0.1) is 0 Å². The number of ether oxygens (including phenoxy) is 2. The van der Waals surface area contributed by atoms with Crippen LogP contribution >= 0.6 is 0 Å². The quantitative estimate of drug-likeness (QED) is 0.774. The Morgan fingerprint density at radius 3 is 2.53 bits per heavy atom. The summed E-state index contributed by atoms with van der Waals surface area (Å²) in [6.07, 6.45) is 0.287. The summed E-state index contributed by atoms with van der Waals surface area (Å²) >= 11 is 0. The van der Waals surface area contributed by atoms with Crippen LogP contribution in [0.4, 0.5) is 0 Å². The lowest BCUT2D eigenvalue weighted by Crippen LogP contribution is -2.40. The summed E-state index contributed by atoms with van der Waals surface area (Å²) < 4.78 is 10.3. The average molecular weight is 235 g/mol. The van der Waals surface area contributed by atoms with Crippen molar-refractivity contribution in [3.63, 3.8) is 0 Å². The summed E-state index contributed by atoms with van der Waals surface area (Å²) in [5, 5.41) is 0. The first kappa shape index (κ1) is 11.8. The van der Waals surface area contributed by atoms with E-state index in [1.165, 1.54) is 20.3 Å². The summed E-state index contributed by atoms with van der Waals surface area (Å²) in [4.78, 5) is 23.5. The van der Waals surface area contributed by atoms with E-state index in [2.05, 4.69) is 0 Å². The van der Waals surface area contributed by atoms with Crippen molar-refractivity contribution < 1.29 is 19.1 Å². The monoisotopic (exact) mass is 235 g/mol. The van der Waals surface area contributed by atoms with Gasteiger partial charge in [0.05, 0.1) is 5.56 Å². The highest BCUT2D eigenvalue weighted by atomic mass is 16.7. The number of ketones is 1. The van der Waals surface area contributed by atoms with E-state index in [0.717, 1.165) is 5.56 Å². The number of amides is 1. The van der Waals surface area contributed by atoms with Crippen molar-refractivity contribution in [2.45, 2.75) is 12.2 Å². The van der Waals surface area contributed by atoms with Crippen LogP contribution in [0.5, 0.6) is 0 Å². The molecule has 0 saturated carbocycles. The van der Waals surface area contributed by atoms with Crippen molar-refractivity contribution in [3.8, 4) is 0 Å². The van der Waals surface area contributed by atoms with E-state index < -0.39 is 11.7 Å². The molecule has 0 radical (unpaired) electrons. The van der Waals surface area contributed by atoms with Gasteiger partial charge >= 0.3 is 0 Å². The minimum Gasteiger partial charge on any atom is -0.366 e. The molecule has 1 aromatic rings. The first-order chi connectivity index (χ1) is 8.05. The molecule has 1 aliphatic carbocycles. The second-order valence-corrected chi connectivity index (χ2v) is 3.87. The first-order valence-corrected chi connectivity index (χ1v) is 5.12. The lowest BCUT2D eigenvalue weighted by atomic mass is 10.0. The molecule has 0 bridgehead atoms. The maximum atomic E-state index is 12.2. The fourth-order valence-corrected chi connectivity index (χ4v) is 2.16. The zero-order valence-corrected chi connectivity index (χ0v) is 9.65. The molecule has 1 aromatic carbocycles. The number of Topliss-reactive ketones (excluding diaryl/α,β-unsaturated/α-hetero) is 1. The lowest BCUT2D eigenvalue weighted by molar-refractivity contribution is -0.163. The van der Waals surface area contributed by atoms with Crippen molar-refractivity contribution in [1.29, 1.82) is 0 Å². The molecular weight excluding hydrogens is 222 g/mol. The predicted molar refractivity (Wildman–Crippen MR) is 59.7 cm³/mol. The van der Waals surface area contributed by atoms with Crippen LogP contribution in [-0.2, 0) is 15.9 Å². The van der Waals surface area contributed by atoms with Gasteiger partial charge in [0.1, 0.15) is 0 Å². The molecule has 0 unspecified atom stereocenters. The summed E-state index contributed by atoms with van der Waals surface area (Å²) in [7, 11) is 2.80. The number of hydrogen-bond donors (Lipinski definition) is 1. The van der Waals surface area contributed by atoms with Crippen LogP contribution in [-0.4, -0.2) is 31.7 Å². The topological polar surface area (TPSA) is 78.6 Å². The van der Waals surface area contributed by atoms with E-state index in [9.17, 15) is 9.59 Å². The largest absolute Gasteiger partial charge is 0.366 e. The molecule has 2 rings (SSSR count). The van der Waals surface area contributed by atoms with E-state index >= 15 is 0 Å². The highest BCUT2D eigenvalue weighted by Gasteiger charge is 2.48. The number of rotatable bonds is 3. The molecular formula is C12H13NO4. The van der Waals surface area contributed by atoms with Gasteiger partial charge in [0.15, 0.2) is 0 Å². The van der Waals surface area contributed by atoms with Crippen LogP contribution in [0.25, 0.3) is 0 Å². The molecule has 5 nitrogen and oxygen atoms in total. The van der Waals surface area contributed by atoms with Crippen LogP contribution < -0.4 is 5.73 Å². The normalized spacial score (nSPS) is 16.9. The third-order valence-electron chi connectivity index (χ3n) is 3.07. The lowest BCUT2D eigenvalue weighted by Gasteiger charge is -2.23. The van der Waals surface area contributed by atoms with Crippen LogP contribution in [0.3, 0.4) is 0 Å². The van der Waals surface area contributed by atoms with Gasteiger partial charge in [0.25, 0.3) is 0 Å². The van der Waals surface area contributed by atoms with E-state index in [0.29, 0.717) is 5.56 Å². The zero-order chi connectivity index (χ0) is 12.6. The molecule has 0 saturated heterocycles. The zero-order valence-electron chi connectivity index (χ0n) is 9.65. The number of carbonyl (C=O) groups is 2. The third-order valence-corrected chi connectivity index (χ3v) is 3.07. The van der Waals surface area contributed by atoms with Crippen LogP contribution in [0, 0.1) is 0 Å². The molecule has 0 heterocycles. The van der Waals surface area contributed by atoms with Crippen molar-refractivity contribution in [3.05, 3.63) is 34.9 Å². The Bertz CT molecular complexity index is 491. The highest BCUT2D eigenvalue weighted by molar-refractivity contribution is 6.13. The fraction of sp³-hybridized carbons (Fsp3) is 0.333. The molecule has 0 fully saturated rings. The minimum atomic E-state index is -1.33. The number of methoxy groups -OCH3 is 2. The second kappa shape index (κ2) is 3.94.